The van der Waals surface area contributed by atoms with Crippen LogP contribution in [0.4, 0.5) is 0 Å². The minimum Gasteiger partial charge on any atom is -0.348 e. The summed E-state index contributed by atoms with van der Waals surface area (Å²) in [6, 6.07) is 0. The minimum atomic E-state index is 0.0247. The fourth-order valence-electron chi connectivity index (χ4n) is 1.73. The van der Waals surface area contributed by atoms with Crippen molar-refractivity contribution >= 4 is 11.8 Å². The Kier molecular flexibility index (Phi) is 4.73. The second-order valence-corrected chi connectivity index (χ2v) is 4.55. The van der Waals surface area contributed by atoms with Gasteiger partial charge < -0.3 is 9.80 Å². The normalized spacial score (nSPS) is 15.6. The van der Waals surface area contributed by atoms with Crippen LogP contribution in [0, 0.1) is 0 Å². The SMILES string of the molecule is CN(CC(=O)N(C)C)CC(=O)N1CCCC1. The lowest BCUT2D eigenvalue weighted by atomic mass is 10.4. The maximum absolute atomic E-state index is 11.8. The monoisotopic (exact) mass is 227 g/mol. The van der Waals surface area contributed by atoms with Gasteiger partial charge in [-0.15, -0.1) is 0 Å². The van der Waals surface area contributed by atoms with Gasteiger partial charge in [-0.05, 0) is 19.9 Å². The van der Waals surface area contributed by atoms with Crippen molar-refractivity contribution in [3.8, 4) is 0 Å². The second kappa shape index (κ2) is 5.84. The highest BCUT2D eigenvalue weighted by Crippen LogP contribution is 2.07. The summed E-state index contributed by atoms with van der Waals surface area (Å²) in [4.78, 5) is 28.4. The first kappa shape index (κ1) is 13.0. The van der Waals surface area contributed by atoms with E-state index in [0.717, 1.165) is 25.9 Å². The molecule has 1 aliphatic rings. The van der Waals surface area contributed by atoms with Crippen LogP contribution in [0.5, 0.6) is 0 Å². The van der Waals surface area contributed by atoms with Crippen molar-refractivity contribution in [3.05, 3.63) is 0 Å². The van der Waals surface area contributed by atoms with E-state index < -0.39 is 0 Å². The Balaban J connectivity index is 2.30. The van der Waals surface area contributed by atoms with Gasteiger partial charge in [0, 0.05) is 27.2 Å². The number of carbonyl (C=O) groups is 2. The maximum atomic E-state index is 11.8. The van der Waals surface area contributed by atoms with Gasteiger partial charge in [0.2, 0.25) is 11.8 Å². The molecule has 0 atom stereocenters. The number of amides is 2. The topological polar surface area (TPSA) is 43.9 Å². The smallest absolute Gasteiger partial charge is 0.236 e. The molecule has 0 aromatic carbocycles. The van der Waals surface area contributed by atoms with Crippen LogP contribution in [0.15, 0.2) is 0 Å². The van der Waals surface area contributed by atoms with Crippen LogP contribution in [0.2, 0.25) is 0 Å². The number of hydrogen-bond acceptors (Lipinski definition) is 3. The molecule has 0 radical (unpaired) electrons. The first-order valence-electron chi connectivity index (χ1n) is 5.67. The van der Waals surface area contributed by atoms with E-state index in [0.29, 0.717) is 13.1 Å². The molecule has 1 saturated heterocycles. The molecule has 2 amide bonds. The standard InChI is InChI=1S/C11H21N3O2/c1-12(2)10(15)8-13(3)9-11(16)14-6-4-5-7-14/h4-9H2,1-3H3. The second-order valence-electron chi connectivity index (χ2n) is 4.55. The average Bonchev–Trinajstić information content (AvgIpc) is 2.69. The first-order chi connectivity index (χ1) is 7.50. The van der Waals surface area contributed by atoms with Gasteiger partial charge in [-0.1, -0.05) is 0 Å². The van der Waals surface area contributed by atoms with Crippen LogP contribution in [0.3, 0.4) is 0 Å². The molecule has 0 saturated carbocycles. The van der Waals surface area contributed by atoms with Crippen LogP contribution >= 0.6 is 0 Å². The van der Waals surface area contributed by atoms with Crippen molar-refractivity contribution in [2.75, 3.05) is 47.3 Å². The third-order valence-corrected chi connectivity index (χ3v) is 2.77. The Bertz CT molecular complexity index is 260. The lowest BCUT2D eigenvalue weighted by Crippen LogP contribution is -2.41. The maximum Gasteiger partial charge on any atom is 0.236 e. The number of likely N-dealkylation sites (tertiary alicyclic amines) is 1. The van der Waals surface area contributed by atoms with E-state index in [1.807, 2.05) is 4.90 Å². The molecule has 0 aromatic heterocycles. The van der Waals surface area contributed by atoms with Crippen molar-refractivity contribution in [1.29, 1.82) is 0 Å². The van der Waals surface area contributed by atoms with Crippen LogP contribution in [0.1, 0.15) is 12.8 Å². The Morgan fingerprint density at radius 3 is 2.12 bits per heavy atom. The number of rotatable bonds is 4. The molecule has 1 fully saturated rings. The summed E-state index contributed by atoms with van der Waals surface area (Å²) >= 11 is 0. The van der Waals surface area contributed by atoms with Gasteiger partial charge in [-0.3, -0.25) is 14.5 Å². The van der Waals surface area contributed by atoms with Crippen LogP contribution in [0.25, 0.3) is 0 Å². The van der Waals surface area contributed by atoms with E-state index in [9.17, 15) is 9.59 Å². The largest absolute Gasteiger partial charge is 0.348 e. The molecular weight excluding hydrogens is 206 g/mol. The number of nitrogens with zero attached hydrogens (tertiary/aromatic N) is 3. The van der Waals surface area contributed by atoms with E-state index in [4.69, 9.17) is 0 Å². The van der Waals surface area contributed by atoms with Gasteiger partial charge in [-0.25, -0.2) is 0 Å². The van der Waals surface area contributed by atoms with Gasteiger partial charge >= 0.3 is 0 Å². The highest BCUT2D eigenvalue weighted by atomic mass is 16.2. The number of likely N-dealkylation sites (N-methyl/N-ethyl adjacent to an activating group) is 2. The minimum absolute atomic E-state index is 0.0247. The van der Waals surface area contributed by atoms with Crippen LogP contribution in [-0.4, -0.2) is 73.8 Å². The molecule has 5 nitrogen and oxygen atoms in total. The fraction of sp³-hybridized carbons (Fsp3) is 0.818. The van der Waals surface area contributed by atoms with E-state index >= 15 is 0 Å². The van der Waals surface area contributed by atoms with Gasteiger partial charge in [0.15, 0.2) is 0 Å². The van der Waals surface area contributed by atoms with Crippen LogP contribution < -0.4 is 0 Å². The van der Waals surface area contributed by atoms with E-state index in [2.05, 4.69) is 0 Å². The Morgan fingerprint density at radius 1 is 1.06 bits per heavy atom. The molecule has 0 bridgehead atoms. The summed E-state index contributed by atoms with van der Waals surface area (Å²) in [5.74, 6) is 0.156. The molecule has 92 valence electrons. The predicted molar refractivity (Wildman–Crippen MR) is 62.0 cm³/mol. The van der Waals surface area contributed by atoms with Crippen molar-refractivity contribution in [2.45, 2.75) is 12.8 Å². The Labute approximate surface area is 97.0 Å². The molecule has 1 heterocycles. The zero-order valence-electron chi connectivity index (χ0n) is 10.4. The molecule has 1 aliphatic heterocycles. The summed E-state index contributed by atoms with van der Waals surface area (Å²) < 4.78 is 0. The number of hydrogen-bond donors (Lipinski definition) is 0. The van der Waals surface area contributed by atoms with E-state index in [1.165, 1.54) is 4.90 Å². The molecule has 1 rings (SSSR count). The summed E-state index contributed by atoms with van der Waals surface area (Å²) in [5, 5.41) is 0. The molecule has 0 aliphatic carbocycles. The lowest BCUT2D eigenvalue weighted by molar-refractivity contribution is -0.133. The van der Waals surface area contributed by atoms with Gasteiger partial charge in [0.05, 0.1) is 13.1 Å². The third kappa shape index (κ3) is 3.81. The van der Waals surface area contributed by atoms with Crippen molar-refractivity contribution in [2.24, 2.45) is 0 Å². The van der Waals surface area contributed by atoms with Crippen molar-refractivity contribution in [3.63, 3.8) is 0 Å². The molecule has 16 heavy (non-hydrogen) atoms. The highest BCUT2D eigenvalue weighted by Gasteiger charge is 2.20. The average molecular weight is 227 g/mol. The zero-order valence-corrected chi connectivity index (χ0v) is 10.4. The summed E-state index contributed by atoms with van der Waals surface area (Å²) in [7, 11) is 5.24. The lowest BCUT2D eigenvalue weighted by Gasteiger charge is -2.21. The highest BCUT2D eigenvalue weighted by molar-refractivity contribution is 5.81. The molecule has 5 heteroatoms. The Hall–Kier alpha value is -1.10. The molecule has 0 N–H and O–H groups in total. The summed E-state index contributed by atoms with van der Waals surface area (Å²) in [6.07, 6.45) is 2.21. The predicted octanol–water partition coefficient (Wildman–Crippen LogP) is -0.371. The first-order valence-corrected chi connectivity index (χ1v) is 5.67. The van der Waals surface area contributed by atoms with E-state index in [1.54, 1.807) is 26.0 Å². The molecular formula is C11H21N3O2. The molecule has 0 aromatic rings. The van der Waals surface area contributed by atoms with Gasteiger partial charge in [0.1, 0.15) is 0 Å². The summed E-state index contributed by atoms with van der Waals surface area (Å²) in [5.41, 5.74) is 0. The van der Waals surface area contributed by atoms with Crippen LogP contribution in [-0.2, 0) is 9.59 Å². The molecule has 0 spiro atoms. The van der Waals surface area contributed by atoms with E-state index in [-0.39, 0.29) is 11.8 Å². The third-order valence-electron chi connectivity index (χ3n) is 2.77. The fourth-order valence-corrected chi connectivity index (χ4v) is 1.73. The quantitative estimate of drug-likeness (QED) is 0.658. The van der Waals surface area contributed by atoms with Crippen molar-refractivity contribution < 1.29 is 9.59 Å². The van der Waals surface area contributed by atoms with Gasteiger partial charge in [0.25, 0.3) is 0 Å². The van der Waals surface area contributed by atoms with Crippen molar-refractivity contribution in [1.82, 2.24) is 14.7 Å². The summed E-state index contributed by atoms with van der Waals surface area (Å²) in [6.45, 7) is 2.37. The Morgan fingerprint density at radius 2 is 1.62 bits per heavy atom. The molecule has 0 unspecified atom stereocenters. The zero-order chi connectivity index (χ0) is 12.1. The number of carbonyl (C=O) groups excluding carboxylic acids is 2. The van der Waals surface area contributed by atoms with Gasteiger partial charge in [-0.2, -0.15) is 0 Å².